The number of esters is 1. The van der Waals surface area contributed by atoms with Crippen molar-refractivity contribution < 1.29 is 19.4 Å². The van der Waals surface area contributed by atoms with Crippen LogP contribution in [0.3, 0.4) is 0 Å². The Morgan fingerprint density at radius 3 is 1.92 bits per heavy atom. The van der Waals surface area contributed by atoms with Crippen molar-refractivity contribution in [3.63, 3.8) is 0 Å². The zero-order chi connectivity index (χ0) is 10.1. The summed E-state index contributed by atoms with van der Waals surface area (Å²) < 4.78 is 4.64. The Bertz CT molecular complexity index is 140. The second-order valence-corrected chi connectivity index (χ2v) is 2.26. The predicted octanol–water partition coefficient (Wildman–Crippen LogP) is -0.0124. The van der Waals surface area contributed by atoms with Crippen LogP contribution in [0.2, 0.25) is 0 Å². The van der Waals surface area contributed by atoms with E-state index in [0.29, 0.717) is 0 Å². The maximum Gasteiger partial charge on any atom is 0.319 e. The van der Waals surface area contributed by atoms with Gasteiger partial charge in [0, 0.05) is 6.92 Å². The van der Waals surface area contributed by atoms with Crippen LogP contribution < -0.4 is 5.73 Å². The van der Waals surface area contributed by atoms with Gasteiger partial charge in [-0.1, -0.05) is 0 Å². The summed E-state index contributed by atoms with van der Waals surface area (Å²) in [7, 11) is 0. The number of nitrogens with two attached hydrogens (primary N) is 1. The quantitative estimate of drug-likeness (QED) is 0.579. The van der Waals surface area contributed by atoms with Crippen LogP contribution in [0.25, 0.3) is 0 Å². The molecule has 0 amide bonds. The van der Waals surface area contributed by atoms with E-state index in [1.54, 1.807) is 13.8 Å². The molecule has 0 saturated carbocycles. The van der Waals surface area contributed by atoms with Crippen LogP contribution in [-0.4, -0.2) is 29.7 Å². The fourth-order valence-electron chi connectivity index (χ4n) is 0.311. The minimum absolute atomic E-state index is 0.0296. The van der Waals surface area contributed by atoms with E-state index in [-0.39, 0.29) is 18.6 Å². The largest absolute Gasteiger partial charge is 0.481 e. The van der Waals surface area contributed by atoms with Crippen LogP contribution in [0.1, 0.15) is 20.8 Å². The molecular formula is C7H15NO4. The van der Waals surface area contributed by atoms with Crippen molar-refractivity contribution in [3.8, 4) is 0 Å². The van der Waals surface area contributed by atoms with Gasteiger partial charge in [0.1, 0.15) is 0 Å². The van der Waals surface area contributed by atoms with Gasteiger partial charge < -0.3 is 15.6 Å². The van der Waals surface area contributed by atoms with Crippen molar-refractivity contribution >= 4 is 11.9 Å². The smallest absolute Gasteiger partial charge is 0.319 e. The zero-order valence-electron chi connectivity index (χ0n) is 7.53. The second kappa shape index (κ2) is 8.00. The highest BCUT2D eigenvalue weighted by Gasteiger charge is 1.99. The molecule has 5 nitrogen and oxygen atoms in total. The Balaban J connectivity index is 0. The van der Waals surface area contributed by atoms with Gasteiger partial charge in [-0.2, -0.15) is 0 Å². The number of hydrogen-bond acceptors (Lipinski definition) is 4. The Labute approximate surface area is 71.5 Å². The van der Waals surface area contributed by atoms with Crippen LogP contribution in [0, 0.1) is 0 Å². The van der Waals surface area contributed by atoms with Gasteiger partial charge in [0.2, 0.25) is 0 Å². The Kier molecular flexibility index (Phi) is 8.99. The molecule has 0 aliphatic carbocycles. The Morgan fingerprint density at radius 2 is 1.83 bits per heavy atom. The number of carboxylic acid groups (broad SMARTS) is 1. The molecule has 0 aliphatic rings. The van der Waals surface area contributed by atoms with Gasteiger partial charge >= 0.3 is 5.97 Å². The van der Waals surface area contributed by atoms with Gasteiger partial charge in [0.05, 0.1) is 12.6 Å². The number of hydrogen-bond donors (Lipinski definition) is 2. The van der Waals surface area contributed by atoms with E-state index in [0.717, 1.165) is 6.92 Å². The van der Waals surface area contributed by atoms with Crippen LogP contribution in [0.5, 0.6) is 0 Å². The highest BCUT2D eigenvalue weighted by atomic mass is 16.5. The van der Waals surface area contributed by atoms with E-state index in [4.69, 9.17) is 15.6 Å². The van der Waals surface area contributed by atoms with E-state index >= 15 is 0 Å². The third-order valence-electron chi connectivity index (χ3n) is 0.534. The van der Waals surface area contributed by atoms with Crippen LogP contribution >= 0.6 is 0 Å². The average Bonchev–Trinajstić information content (AvgIpc) is 1.84. The first-order chi connectivity index (χ1) is 5.40. The fourth-order valence-corrected chi connectivity index (χ4v) is 0.311. The first-order valence-corrected chi connectivity index (χ1v) is 3.49. The highest BCUT2D eigenvalue weighted by Crippen LogP contribution is 1.85. The van der Waals surface area contributed by atoms with Crippen molar-refractivity contribution in [3.05, 3.63) is 0 Å². The van der Waals surface area contributed by atoms with Crippen LogP contribution in [0.4, 0.5) is 0 Å². The predicted molar refractivity (Wildman–Crippen MR) is 43.6 cm³/mol. The van der Waals surface area contributed by atoms with Crippen LogP contribution in [-0.2, 0) is 14.3 Å². The van der Waals surface area contributed by atoms with Crippen molar-refractivity contribution in [2.75, 3.05) is 6.54 Å². The number of ether oxygens (including phenoxy) is 1. The molecule has 0 aromatic heterocycles. The maximum absolute atomic E-state index is 10.3. The molecule has 0 rings (SSSR count). The zero-order valence-corrected chi connectivity index (χ0v) is 7.53. The summed E-state index contributed by atoms with van der Waals surface area (Å²) >= 11 is 0. The van der Waals surface area contributed by atoms with Crippen molar-refractivity contribution in [1.29, 1.82) is 0 Å². The molecule has 12 heavy (non-hydrogen) atoms. The van der Waals surface area contributed by atoms with Gasteiger partial charge in [-0.15, -0.1) is 0 Å². The van der Waals surface area contributed by atoms with E-state index in [2.05, 4.69) is 4.74 Å². The third kappa shape index (κ3) is 23.1. The van der Waals surface area contributed by atoms with E-state index < -0.39 is 5.97 Å². The first kappa shape index (κ1) is 13.5. The van der Waals surface area contributed by atoms with E-state index in [1.165, 1.54) is 0 Å². The lowest BCUT2D eigenvalue weighted by molar-refractivity contribution is -0.145. The second-order valence-electron chi connectivity index (χ2n) is 2.26. The molecule has 0 aromatic carbocycles. The lowest BCUT2D eigenvalue weighted by Crippen LogP contribution is -2.20. The third-order valence-corrected chi connectivity index (χ3v) is 0.534. The van der Waals surface area contributed by atoms with E-state index in [9.17, 15) is 4.79 Å². The number of carbonyl (C=O) groups excluding carboxylic acids is 1. The monoisotopic (exact) mass is 177 g/mol. The molecule has 0 unspecified atom stereocenters. The molecule has 0 aliphatic heterocycles. The normalized spacial score (nSPS) is 8.42. The van der Waals surface area contributed by atoms with E-state index in [1.807, 2.05) is 0 Å². The lowest BCUT2D eigenvalue weighted by atomic mass is 10.5. The number of aliphatic carboxylic acids is 1. The molecule has 3 N–H and O–H groups in total. The molecule has 0 bridgehead atoms. The summed E-state index contributed by atoms with van der Waals surface area (Å²) in [5.41, 5.74) is 4.95. The summed E-state index contributed by atoms with van der Waals surface area (Å²) in [6.45, 7) is 4.62. The molecule has 72 valence electrons. The van der Waals surface area contributed by atoms with Gasteiger partial charge in [0.15, 0.2) is 0 Å². The fraction of sp³-hybridized carbons (Fsp3) is 0.714. The van der Waals surface area contributed by atoms with Gasteiger partial charge in [-0.05, 0) is 13.8 Å². The highest BCUT2D eigenvalue weighted by molar-refractivity contribution is 5.71. The van der Waals surface area contributed by atoms with Gasteiger partial charge in [0.25, 0.3) is 5.97 Å². The first-order valence-electron chi connectivity index (χ1n) is 3.49. The number of carboxylic acids is 1. The maximum atomic E-state index is 10.3. The molecule has 0 fully saturated rings. The summed E-state index contributed by atoms with van der Waals surface area (Å²) in [4.78, 5) is 19.3. The molecule has 0 atom stereocenters. The van der Waals surface area contributed by atoms with Crippen LogP contribution in [0.15, 0.2) is 0 Å². The molecule has 0 radical (unpaired) electrons. The minimum Gasteiger partial charge on any atom is -0.481 e. The molecule has 0 spiro atoms. The topological polar surface area (TPSA) is 89.6 Å². The number of rotatable bonds is 2. The average molecular weight is 177 g/mol. The van der Waals surface area contributed by atoms with Crippen molar-refractivity contribution in [2.24, 2.45) is 5.73 Å². The molecule has 5 heteroatoms. The standard InChI is InChI=1S/C5H11NO2.C2H4O2/c1-4(2)8-5(7)3-6;1-2(3)4/h4H,3,6H2,1-2H3;1H3,(H,3,4). The van der Waals surface area contributed by atoms with Crippen molar-refractivity contribution in [2.45, 2.75) is 26.9 Å². The molecule has 0 saturated heterocycles. The Hall–Kier alpha value is -1.10. The molecular weight excluding hydrogens is 162 g/mol. The molecule has 0 heterocycles. The summed E-state index contributed by atoms with van der Waals surface area (Å²) in [5, 5.41) is 7.42. The van der Waals surface area contributed by atoms with Gasteiger partial charge in [-0.3, -0.25) is 9.59 Å². The lowest BCUT2D eigenvalue weighted by Gasteiger charge is -2.04. The van der Waals surface area contributed by atoms with Gasteiger partial charge in [-0.25, -0.2) is 0 Å². The van der Waals surface area contributed by atoms with Crippen molar-refractivity contribution in [1.82, 2.24) is 0 Å². The number of carbonyl (C=O) groups is 2. The Morgan fingerprint density at radius 1 is 1.50 bits per heavy atom. The summed E-state index contributed by atoms with van der Waals surface area (Å²) in [6.07, 6.45) is -0.0500. The minimum atomic E-state index is -0.833. The SMILES string of the molecule is CC(=O)O.CC(C)OC(=O)CN. The summed E-state index contributed by atoms with van der Waals surface area (Å²) in [5.74, 6) is -1.18. The molecule has 0 aromatic rings. The summed E-state index contributed by atoms with van der Waals surface area (Å²) in [6, 6.07) is 0.